The number of aromatic nitrogens is 2. The van der Waals surface area contributed by atoms with Gasteiger partial charge >= 0.3 is 0 Å². The lowest BCUT2D eigenvalue weighted by molar-refractivity contribution is 0.200. The number of rotatable bonds is 9. The molecule has 0 bridgehead atoms. The molecular weight excluding hydrogens is 422 g/mol. The van der Waals surface area contributed by atoms with Crippen LogP contribution in [-0.2, 0) is 5.54 Å². The topological polar surface area (TPSA) is 74.0 Å². The molecule has 1 atom stereocenters. The zero-order chi connectivity index (χ0) is 23.8. The van der Waals surface area contributed by atoms with Crippen LogP contribution in [0.2, 0.25) is 0 Å². The summed E-state index contributed by atoms with van der Waals surface area (Å²) >= 11 is 0. The lowest BCUT2D eigenvalue weighted by Gasteiger charge is -2.30. The van der Waals surface area contributed by atoms with E-state index in [9.17, 15) is 5.11 Å². The van der Waals surface area contributed by atoms with Gasteiger partial charge in [0.05, 0.1) is 6.10 Å². The summed E-state index contributed by atoms with van der Waals surface area (Å²) in [4.78, 5) is 1.97. The molecule has 34 heavy (non-hydrogen) atoms. The summed E-state index contributed by atoms with van der Waals surface area (Å²) in [6.07, 6.45) is -0.454. The summed E-state index contributed by atoms with van der Waals surface area (Å²) in [6.45, 7) is 4.99. The van der Waals surface area contributed by atoms with E-state index in [4.69, 9.17) is 5.11 Å². The number of benzene rings is 3. The average Bonchev–Trinajstić information content (AvgIpc) is 2.90. The number of likely N-dealkylation sites (N-methyl/N-ethyl adjacent to an activating group) is 1. The third kappa shape index (κ3) is 5.02. The van der Waals surface area contributed by atoms with E-state index in [1.807, 2.05) is 78.6 Å². The molecule has 0 saturated heterocycles. The molecule has 0 fully saturated rings. The van der Waals surface area contributed by atoms with E-state index >= 15 is 0 Å². The largest absolute Gasteiger partial charge is 0.392 e. The highest BCUT2D eigenvalue weighted by Gasteiger charge is 2.36. The Kier molecular flexibility index (Phi) is 7.40. The number of hydrogen-bond donors (Lipinski definition) is 1. The van der Waals surface area contributed by atoms with Crippen LogP contribution in [0.15, 0.2) is 113 Å². The van der Waals surface area contributed by atoms with Crippen LogP contribution in [0.3, 0.4) is 0 Å². The molecule has 0 aliphatic carbocycles. The van der Waals surface area contributed by atoms with Gasteiger partial charge in [0.15, 0.2) is 17.2 Å². The highest BCUT2D eigenvalue weighted by atomic mass is 16.3. The van der Waals surface area contributed by atoms with Crippen molar-refractivity contribution in [1.82, 2.24) is 10.2 Å². The summed E-state index contributed by atoms with van der Waals surface area (Å²) in [5.41, 5.74) is 2.19. The number of nitrogens with zero attached hydrogens (tertiary/aromatic N) is 5. The second-order valence-electron chi connectivity index (χ2n) is 8.15. The highest BCUT2D eigenvalue weighted by molar-refractivity contribution is 5.50. The molecule has 0 aliphatic heterocycles. The number of anilines is 1. The van der Waals surface area contributed by atoms with Gasteiger partial charge in [-0.2, -0.15) is 5.11 Å². The predicted octanol–water partition coefficient (Wildman–Crippen LogP) is 5.76. The Balaban J connectivity index is 1.79. The van der Waals surface area contributed by atoms with Crippen LogP contribution in [0.4, 0.5) is 11.6 Å². The van der Waals surface area contributed by atoms with Gasteiger partial charge in [-0.15, -0.1) is 15.3 Å². The van der Waals surface area contributed by atoms with Crippen LogP contribution in [0.1, 0.15) is 30.5 Å². The number of azo groups is 1. The second kappa shape index (κ2) is 10.8. The van der Waals surface area contributed by atoms with Crippen molar-refractivity contribution in [2.45, 2.75) is 25.5 Å². The van der Waals surface area contributed by atoms with Crippen molar-refractivity contribution in [3.8, 4) is 0 Å². The predicted molar refractivity (Wildman–Crippen MR) is 135 cm³/mol. The molecule has 0 spiro atoms. The van der Waals surface area contributed by atoms with Crippen molar-refractivity contribution in [3.05, 3.63) is 120 Å². The van der Waals surface area contributed by atoms with Crippen molar-refractivity contribution in [1.29, 1.82) is 0 Å². The molecule has 6 heteroatoms. The zero-order valence-electron chi connectivity index (χ0n) is 19.5. The Morgan fingerprint density at radius 1 is 0.765 bits per heavy atom. The molecule has 0 aliphatic rings. The Labute approximate surface area is 200 Å². The van der Waals surface area contributed by atoms with Gasteiger partial charge in [-0.3, -0.25) is 0 Å². The molecule has 1 unspecified atom stereocenters. The summed E-state index contributed by atoms with van der Waals surface area (Å²) in [6, 6.07) is 34.2. The molecule has 1 N–H and O–H groups in total. The summed E-state index contributed by atoms with van der Waals surface area (Å²) < 4.78 is 0. The van der Waals surface area contributed by atoms with Crippen LogP contribution in [0, 0.1) is 0 Å². The monoisotopic (exact) mass is 451 g/mol. The first kappa shape index (κ1) is 23.3. The van der Waals surface area contributed by atoms with Gasteiger partial charge in [0.25, 0.3) is 0 Å². The molecule has 3 aromatic carbocycles. The van der Waals surface area contributed by atoms with E-state index < -0.39 is 11.6 Å². The summed E-state index contributed by atoms with van der Waals surface area (Å²) in [7, 11) is 0. The lowest BCUT2D eigenvalue weighted by atomic mass is 9.78. The van der Waals surface area contributed by atoms with Crippen molar-refractivity contribution in [2.75, 3.05) is 18.0 Å². The quantitative estimate of drug-likeness (QED) is 0.259. The first-order chi connectivity index (χ1) is 16.6. The van der Waals surface area contributed by atoms with E-state index in [1.54, 1.807) is 6.92 Å². The fraction of sp³-hybridized carbons (Fsp3) is 0.214. The molecule has 172 valence electrons. The molecule has 4 rings (SSSR count). The molecular formula is C28H29N5O. The van der Waals surface area contributed by atoms with Gasteiger partial charge in [-0.1, -0.05) is 91.0 Å². The van der Waals surface area contributed by atoms with Gasteiger partial charge < -0.3 is 10.0 Å². The lowest BCUT2D eigenvalue weighted by Crippen LogP contribution is -2.31. The summed E-state index contributed by atoms with van der Waals surface area (Å²) in [5.74, 6) is 1.12. The van der Waals surface area contributed by atoms with Gasteiger partial charge in [-0.05, 0) is 42.7 Å². The first-order valence-corrected chi connectivity index (χ1v) is 11.5. The normalized spacial score (nSPS) is 12.6. The summed E-state index contributed by atoms with van der Waals surface area (Å²) in [5, 5.41) is 27.9. The minimum Gasteiger partial charge on any atom is -0.392 e. The standard InChI is InChI=1S/C28H29N5O/c1-3-33(21-22(2)34)27-20-19-26(29-31-27)30-32-28(23-13-7-4-8-14-23,24-15-9-5-10-16-24)25-17-11-6-12-18-25/h4-20,22,34H,3,21H2,1-2H3. The molecule has 6 nitrogen and oxygen atoms in total. The minimum absolute atomic E-state index is 0.420. The Hall–Kier alpha value is -3.90. The zero-order valence-corrected chi connectivity index (χ0v) is 19.5. The third-order valence-corrected chi connectivity index (χ3v) is 5.70. The van der Waals surface area contributed by atoms with Gasteiger partial charge in [-0.25, -0.2) is 0 Å². The fourth-order valence-corrected chi connectivity index (χ4v) is 4.08. The SMILES string of the molecule is CCN(CC(C)O)c1ccc(N=NC(c2ccccc2)(c2ccccc2)c2ccccc2)nn1. The van der Waals surface area contributed by atoms with E-state index in [2.05, 4.69) is 51.7 Å². The fourth-order valence-electron chi connectivity index (χ4n) is 4.08. The van der Waals surface area contributed by atoms with Crippen LogP contribution < -0.4 is 4.90 Å². The molecule has 1 aromatic heterocycles. The second-order valence-corrected chi connectivity index (χ2v) is 8.15. The maximum atomic E-state index is 9.74. The smallest absolute Gasteiger partial charge is 0.196 e. The number of hydrogen-bond acceptors (Lipinski definition) is 6. The van der Waals surface area contributed by atoms with E-state index in [0.29, 0.717) is 18.2 Å². The van der Waals surface area contributed by atoms with Crippen molar-refractivity contribution in [2.24, 2.45) is 10.2 Å². The molecule has 0 saturated carbocycles. The molecule has 0 radical (unpaired) electrons. The van der Waals surface area contributed by atoms with Crippen LogP contribution in [-0.4, -0.2) is 34.5 Å². The Morgan fingerprint density at radius 3 is 1.65 bits per heavy atom. The third-order valence-electron chi connectivity index (χ3n) is 5.70. The van der Waals surface area contributed by atoms with Gasteiger partial charge in [0.2, 0.25) is 0 Å². The van der Waals surface area contributed by atoms with E-state index in [0.717, 1.165) is 23.2 Å². The maximum absolute atomic E-state index is 9.74. The Morgan fingerprint density at radius 2 is 1.26 bits per heavy atom. The molecule has 0 amide bonds. The van der Waals surface area contributed by atoms with Crippen LogP contribution >= 0.6 is 0 Å². The van der Waals surface area contributed by atoms with Crippen LogP contribution in [0.25, 0.3) is 0 Å². The number of aliphatic hydroxyl groups excluding tert-OH is 1. The van der Waals surface area contributed by atoms with Crippen LogP contribution in [0.5, 0.6) is 0 Å². The van der Waals surface area contributed by atoms with Crippen molar-refractivity contribution >= 4 is 11.6 Å². The van der Waals surface area contributed by atoms with Gasteiger partial charge in [0, 0.05) is 13.1 Å². The number of aliphatic hydroxyl groups is 1. The average molecular weight is 452 g/mol. The van der Waals surface area contributed by atoms with Crippen molar-refractivity contribution < 1.29 is 5.11 Å². The first-order valence-electron chi connectivity index (χ1n) is 11.5. The highest BCUT2D eigenvalue weighted by Crippen LogP contribution is 2.41. The minimum atomic E-state index is -0.841. The molecule has 1 heterocycles. The Bertz CT molecular complexity index is 1080. The van der Waals surface area contributed by atoms with Crippen molar-refractivity contribution in [3.63, 3.8) is 0 Å². The molecule has 4 aromatic rings. The van der Waals surface area contributed by atoms with Gasteiger partial charge in [0.1, 0.15) is 0 Å². The van der Waals surface area contributed by atoms with E-state index in [-0.39, 0.29) is 0 Å². The maximum Gasteiger partial charge on any atom is 0.196 e. The van der Waals surface area contributed by atoms with E-state index in [1.165, 1.54) is 0 Å².